The van der Waals surface area contributed by atoms with Crippen LogP contribution in [0.2, 0.25) is 0 Å². The minimum absolute atomic E-state index is 0.202. The molecule has 1 aliphatic heterocycles. The maximum Gasteiger partial charge on any atom is 0.227 e. The van der Waals surface area contributed by atoms with Gasteiger partial charge in [0.2, 0.25) is 5.91 Å². The molecule has 5 rings (SSSR count). The lowest BCUT2D eigenvalue weighted by atomic mass is 9.91. The number of nitrogens with zero attached hydrogens (tertiary/aromatic N) is 4. The molecule has 0 unspecified atom stereocenters. The Morgan fingerprint density at radius 3 is 2.58 bits per heavy atom. The molecule has 2 saturated carbocycles. The van der Waals surface area contributed by atoms with E-state index in [1.165, 1.54) is 25.7 Å². The number of H-pyrrole nitrogens is 2. The summed E-state index contributed by atoms with van der Waals surface area (Å²) in [5.74, 6) is 4.30. The Morgan fingerprint density at radius 1 is 1.12 bits per heavy atom. The molecular formula is C19H26N6O. The Bertz CT molecular complexity index is 811. The van der Waals surface area contributed by atoms with Crippen molar-refractivity contribution in [1.29, 1.82) is 0 Å². The fourth-order valence-electron chi connectivity index (χ4n) is 4.40. The van der Waals surface area contributed by atoms with E-state index in [-0.39, 0.29) is 5.91 Å². The first-order valence-electron chi connectivity index (χ1n) is 9.80. The van der Waals surface area contributed by atoms with Crippen molar-refractivity contribution in [2.24, 2.45) is 11.8 Å². The molecule has 138 valence electrons. The van der Waals surface area contributed by atoms with Crippen LogP contribution in [0.25, 0.3) is 0 Å². The second kappa shape index (κ2) is 5.93. The molecule has 2 N–H and O–H groups in total. The summed E-state index contributed by atoms with van der Waals surface area (Å²) in [6.07, 6.45) is 5.42. The van der Waals surface area contributed by atoms with Crippen LogP contribution < -0.4 is 0 Å². The van der Waals surface area contributed by atoms with Gasteiger partial charge in [-0.2, -0.15) is 10.2 Å². The molecule has 3 fully saturated rings. The quantitative estimate of drug-likeness (QED) is 0.861. The average molecular weight is 354 g/mol. The number of likely N-dealkylation sites (tertiary alicyclic amines) is 1. The zero-order valence-electron chi connectivity index (χ0n) is 15.5. The van der Waals surface area contributed by atoms with Crippen LogP contribution in [-0.4, -0.2) is 49.3 Å². The number of rotatable bonds is 5. The first kappa shape index (κ1) is 16.0. The largest absolute Gasteiger partial charge is 0.341 e. The summed E-state index contributed by atoms with van der Waals surface area (Å²) in [4.78, 5) is 19.8. The molecule has 3 aliphatic rings. The molecule has 2 aromatic rings. The van der Waals surface area contributed by atoms with Crippen LogP contribution in [0.4, 0.5) is 0 Å². The molecule has 3 heterocycles. The van der Waals surface area contributed by atoms with Crippen molar-refractivity contribution in [2.75, 3.05) is 13.1 Å². The highest BCUT2D eigenvalue weighted by molar-refractivity contribution is 5.79. The lowest BCUT2D eigenvalue weighted by Crippen LogP contribution is -2.30. The molecule has 0 radical (unpaired) electrons. The lowest BCUT2D eigenvalue weighted by Gasteiger charge is -2.16. The maximum atomic E-state index is 12.9. The van der Waals surface area contributed by atoms with Crippen molar-refractivity contribution in [1.82, 2.24) is 30.3 Å². The Kier molecular flexibility index (Phi) is 3.65. The van der Waals surface area contributed by atoms with Gasteiger partial charge in [-0.3, -0.25) is 15.0 Å². The third-order valence-electron chi connectivity index (χ3n) is 6.37. The number of amides is 1. The number of hydrogen-bond donors (Lipinski definition) is 2. The van der Waals surface area contributed by atoms with Crippen LogP contribution in [-0.2, 0) is 11.2 Å². The van der Waals surface area contributed by atoms with Gasteiger partial charge in [-0.05, 0) is 51.4 Å². The standard InChI is InChI=1S/C19H26N6O/c1-10-14(11(2)22-21-10)7-17(26)25-8-15(12-3-4-12)16(9-25)19-20-18(23-24-19)13-5-6-13/h12-13,15-16H,3-9H2,1-2H3,(H,21,22)(H,20,23,24)/t15-,16+/m1/s1. The first-order valence-corrected chi connectivity index (χ1v) is 9.80. The van der Waals surface area contributed by atoms with Crippen molar-refractivity contribution in [3.05, 3.63) is 28.6 Å². The molecule has 7 nitrogen and oxygen atoms in total. The van der Waals surface area contributed by atoms with Crippen molar-refractivity contribution in [3.63, 3.8) is 0 Å². The topological polar surface area (TPSA) is 90.6 Å². The second-order valence-corrected chi connectivity index (χ2v) is 8.35. The van der Waals surface area contributed by atoms with Crippen molar-refractivity contribution >= 4 is 5.91 Å². The molecule has 0 bridgehead atoms. The van der Waals surface area contributed by atoms with Crippen molar-refractivity contribution < 1.29 is 4.79 Å². The molecule has 2 aliphatic carbocycles. The van der Waals surface area contributed by atoms with Gasteiger partial charge in [0.25, 0.3) is 0 Å². The molecule has 2 atom stereocenters. The van der Waals surface area contributed by atoms with Crippen LogP contribution in [0.1, 0.15) is 66.1 Å². The first-order chi connectivity index (χ1) is 12.6. The van der Waals surface area contributed by atoms with Gasteiger partial charge >= 0.3 is 0 Å². The number of aryl methyl sites for hydroxylation is 2. The fraction of sp³-hybridized carbons (Fsp3) is 0.684. The van der Waals surface area contributed by atoms with Gasteiger partial charge < -0.3 is 4.90 Å². The minimum atomic E-state index is 0.202. The number of hydrogen-bond acceptors (Lipinski definition) is 4. The van der Waals surface area contributed by atoms with Crippen molar-refractivity contribution in [2.45, 2.75) is 57.8 Å². The Hall–Kier alpha value is -2.18. The lowest BCUT2D eigenvalue weighted by molar-refractivity contribution is -0.129. The summed E-state index contributed by atoms with van der Waals surface area (Å²) in [6, 6.07) is 0. The van der Waals surface area contributed by atoms with E-state index in [9.17, 15) is 4.79 Å². The maximum absolute atomic E-state index is 12.9. The summed E-state index contributed by atoms with van der Waals surface area (Å²) in [5, 5.41) is 14.8. The van der Waals surface area contributed by atoms with Crippen LogP contribution in [0.15, 0.2) is 0 Å². The van der Waals surface area contributed by atoms with Gasteiger partial charge in [0, 0.05) is 36.2 Å². The Balaban J connectivity index is 1.33. The highest BCUT2D eigenvalue weighted by atomic mass is 16.2. The van der Waals surface area contributed by atoms with Gasteiger partial charge in [0.15, 0.2) is 5.82 Å². The Labute approximate surface area is 153 Å². The second-order valence-electron chi connectivity index (χ2n) is 8.35. The predicted octanol–water partition coefficient (Wildman–Crippen LogP) is 2.22. The van der Waals surface area contributed by atoms with Crippen LogP contribution in [0, 0.1) is 25.7 Å². The van der Waals surface area contributed by atoms with Gasteiger partial charge in [0.1, 0.15) is 5.82 Å². The summed E-state index contributed by atoms with van der Waals surface area (Å²) in [5.41, 5.74) is 2.96. The highest BCUT2D eigenvalue weighted by Crippen LogP contribution is 2.47. The van der Waals surface area contributed by atoms with Gasteiger partial charge in [0.05, 0.1) is 12.1 Å². The zero-order valence-corrected chi connectivity index (χ0v) is 15.5. The molecule has 0 spiro atoms. The van der Waals surface area contributed by atoms with Crippen LogP contribution in [0.5, 0.6) is 0 Å². The van der Waals surface area contributed by atoms with Gasteiger partial charge in [-0.25, -0.2) is 4.98 Å². The normalized spacial score (nSPS) is 25.8. The molecule has 2 aromatic heterocycles. The average Bonchev–Trinajstić information content (AvgIpc) is 3.55. The predicted molar refractivity (Wildman–Crippen MR) is 95.7 cm³/mol. The van der Waals surface area contributed by atoms with E-state index in [1.54, 1.807) is 0 Å². The molecule has 1 amide bonds. The van der Waals surface area contributed by atoms with Gasteiger partial charge in [-0.15, -0.1) is 0 Å². The van der Waals surface area contributed by atoms with E-state index in [1.807, 2.05) is 18.7 Å². The summed E-state index contributed by atoms with van der Waals surface area (Å²) < 4.78 is 0. The van der Waals surface area contributed by atoms with E-state index in [2.05, 4.69) is 20.4 Å². The highest BCUT2D eigenvalue weighted by Gasteiger charge is 2.46. The third kappa shape index (κ3) is 2.83. The summed E-state index contributed by atoms with van der Waals surface area (Å²) in [7, 11) is 0. The zero-order chi connectivity index (χ0) is 17.8. The fourth-order valence-corrected chi connectivity index (χ4v) is 4.40. The minimum Gasteiger partial charge on any atom is -0.341 e. The monoisotopic (exact) mass is 354 g/mol. The van der Waals surface area contributed by atoms with E-state index >= 15 is 0 Å². The van der Waals surface area contributed by atoms with E-state index in [0.717, 1.165) is 47.6 Å². The third-order valence-corrected chi connectivity index (χ3v) is 6.37. The number of carbonyl (C=O) groups excluding carboxylic acids is 1. The SMILES string of the molecule is Cc1n[nH]c(C)c1CC(=O)N1C[C@H](c2nc(C3CC3)n[nH]2)[C@@H](C2CC2)C1. The van der Waals surface area contributed by atoms with E-state index in [0.29, 0.717) is 24.2 Å². The number of aromatic nitrogens is 5. The van der Waals surface area contributed by atoms with Crippen LogP contribution >= 0.6 is 0 Å². The molecule has 0 aromatic carbocycles. The molecule has 7 heteroatoms. The molecule has 1 saturated heterocycles. The van der Waals surface area contributed by atoms with Gasteiger partial charge in [-0.1, -0.05) is 0 Å². The summed E-state index contributed by atoms with van der Waals surface area (Å²) >= 11 is 0. The smallest absolute Gasteiger partial charge is 0.227 e. The van der Waals surface area contributed by atoms with E-state index < -0.39 is 0 Å². The Morgan fingerprint density at radius 2 is 1.92 bits per heavy atom. The number of nitrogens with one attached hydrogen (secondary N) is 2. The number of aromatic amines is 2. The number of carbonyl (C=O) groups is 1. The van der Waals surface area contributed by atoms with E-state index in [4.69, 9.17) is 4.98 Å². The van der Waals surface area contributed by atoms with Crippen LogP contribution in [0.3, 0.4) is 0 Å². The van der Waals surface area contributed by atoms with Crippen molar-refractivity contribution in [3.8, 4) is 0 Å². The molecule has 26 heavy (non-hydrogen) atoms. The molecular weight excluding hydrogens is 328 g/mol. The summed E-state index contributed by atoms with van der Waals surface area (Å²) in [6.45, 7) is 5.55.